The van der Waals surface area contributed by atoms with E-state index in [9.17, 15) is 9.59 Å². The van der Waals surface area contributed by atoms with E-state index in [-0.39, 0.29) is 24.5 Å². The second-order valence-electron chi connectivity index (χ2n) is 7.25. The number of nitrogens with zero attached hydrogens (tertiary/aromatic N) is 3. The van der Waals surface area contributed by atoms with Gasteiger partial charge in [-0.1, -0.05) is 0 Å². The van der Waals surface area contributed by atoms with Crippen LogP contribution in [0.3, 0.4) is 0 Å². The number of hydrogen-bond acceptors (Lipinski definition) is 6. The molecule has 0 atom stereocenters. The van der Waals surface area contributed by atoms with Gasteiger partial charge in [-0.3, -0.25) is 9.59 Å². The fourth-order valence-corrected chi connectivity index (χ4v) is 3.37. The van der Waals surface area contributed by atoms with Crippen molar-refractivity contribution in [1.29, 1.82) is 5.26 Å². The molecule has 2 N–H and O–H groups in total. The first kappa shape index (κ1) is 20.4. The second kappa shape index (κ2) is 8.78. The van der Waals surface area contributed by atoms with E-state index in [4.69, 9.17) is 20.5 Å². The van der Waals surface area contributed by atoms with Crippen LogP contribution < -0.4 is 15.2 Å². The quantitative estimate of drug-likeness (QED) is 0.801. The van der Waals surface area contributed by atoms with E-state index < -0.39 is 5.91 Å². The zero-order chi connectivity index (χ0) is 21.0. The number of carbonyl (C=O) groups is 2. The number of carbonyl (C=O) groups excluding carboxylic acids is 2. The van der Waals surface area contributed by atoms with Crippen LogP contribution in [0.15, 0.2) is 24.4 Å². The first-order chi connectivity index (χ1) is 13.9. The molecular weight excluding hydrogens is 372 g/mol. The van der Waals surface area contributed by atoms with Crippen molar-refractivity contribution in [2.45, 2.75) is 45.3 Å². The van der Waals surface area contributed by atoms with Crippen molar-refractivity contribution in [2.24, 2.45) is 5.73 Å². The topological polar surface area (TPSA) is 119 Å². The summed E-state index contributed by atoms with van der Waals surface area (Å²) in [5.41, 5.74) is 5.82. The molecule has 1 aromatic heterocycles. The minimum atomic E-state index is -0.559. The molecule has 152 valence electrons. The third-order valence-corrected chi connectivity index (χ3v) is 4.76. The molecule has 2 aromatic rings. The van der Waals surface area contributed by atoms with E-state index in [1.807, 2.05) is 19.9 Å². The van der Waals surface area contributed by atoms with Crippen LogP contribution in [-0.2, 0) is 4.79 Å². The molecule has 0 bridgehead atoms. The number of pyridine rings is 1. The Balaban J connectivity index is 1.82. The van der Waals surface area contributed by atoms with Crippen molar-refractivity contribution in [1.82, 2.24) is 9.88 Å². The first-order valence-electron chi connectivity index (χ1n) is 9.59. The number of likely N-dealkylation sites (tertiary alicyclic amines) is 1. The summed E-state index contributed by atoms with van der Waals surface area (Å²) in [5, 5.41) is 10.2. The van der Waals surface area contributed by atoms with Gasteiger partial charge in [0.15, 0.2) is 0 Å². The fourth-order valence-electron chi connectivity index (χ4n) is 3.37. The number of piperidine rings is 1. The monoisotopic (exact) mass is 396 g/mol. The van der Waals surface area contributed by atoms with Crippen LogP contribution in [0.25, 0.3) is 10.8 Å². The van der Waals surface area contributed by atoms with E-state index in [1.165, 1.54) is 0 Å². The normalized spacial score (nSPS) is 14.6. The van der Waals surface area contributed by atoms with Gasteiger partial charge in [0, 0.05) is 37.5 Å². The van der Waals surface area contributed by atoms with Gasteiger partial charge in [-0.15, -0.1) is 0 Å². The Morgan fingerprint density at radius 1 is 1.34 bits per heavy atom. The van der Waals surface area contributed by atoms with E-state index in [2.05, 4.69) is 4.98 Å². The molecule has 2 amide bonds. The highest BCUT2D eigenvalue weighted by Crippen LogP contribution is 2.32. The highest BCUT2D eigenvalue weighted by atomic mass is 16.5. The maximum atomic E-state index is 11.8. The van der Waals surface area contributed by atoms with Gasteiger partial charge in [-0.2, -0.15) is 5.26 Å². The van der Waals surface area contributed by atoms with Crippen LogP contribution >= 0.6 is 0 Å². The van der Waals surface area contributed by atoms with Crippen LogP contribution in [0.2, 0.25) is 0 Å². The molecule has 1 saturated heterocycles. The molecule has 0 spiro atoms. The SMILES string of the molecule is CC(C)Oc1cc2c(OC3CCN(C(=O)CC#N)CC3)nccc2cc1C(N)=O. The van der Waals surface area contributed by atoms with Gasteiger partial charge >= 0.3 is 0 Å². The molecule has 1 fully saturated rings. The van der Waals surface area contributed by atoms with Crippen LogP contribution in [0.4, 0.5) is 0 Å². The lowest BCUT2D eigenvalue weighted by Crippen LogP contribution is -2.41. The first-order valence-corrected chi connectivity index (χ1v) is 9.59. The van der Waals surface area contributed by atoms with Gasteiger partial charge in [0.1, 0.15) is 18.3 Å². The molecule has 1 aliphatic rings. The zero-order valence-corrected chi connectivity index (χ0v) is 16.6. The van der Waals surface area contributed by atoms with Gasteiger partial charge < -0.3 is 20.1 Å². The number of aromatic nitrogens is 1. The van der Waals surface area contributed by atoms with Crippen LogP contribution in [0.1, 0.15) is 43.5 Å². The van der Waals surface area contributed by atoms with E-state index in [1.54, 1.807) is 29.3 Å². The Labute approximate surface area is 169 Å². The summed E-state index contributed by atoms with van der Waals surface area (Å²) in [7, 11) is 0. The molecule has 0 saturated carbocycles. The van der Waals surface area contributed by atoms with Crippen molar-refractivity contribution in [3.8, 4) is 17.7 Å². The Kier molecular flexibility index (Phi) is 6.17. The minimum absolute atomic E-state index is 0.0930. The van der Waals surface area contributed by atoms with Crippen LogP contribution in [0, 0.1) is 11.3 Å². The Bertz CT molecular complexity index is 959. The summed E-state index contributed by atoms with van der Waals surface area (Å²) in [5.74, 6) is 0.142. The van der Waals surface area contributed by atoms with Gasteiger partial charge in [0.05, 0.1) is 17.7 Å². The summed E-state index contributed by atoms with van der Waals surface area (Å²) in [6.07, 6.45) is 2.62. The molecule has 0 unspecified atom stereocenters. The maximum absolute atomic E-state index is 11.8. The molecular formula is C21H24N4O4. The number of fused-ring (bicyclic) bond motifs is 1. The van der Waals surface area contributed by atoms with E-state index in [0.29, 0.717) is 43.1 Å². The maximum Gasteiger partial charge on any atom is 0.252 e. The van der Waals surface area contributed by atoms with Crippen molar-refractivity contribution in [3.05, 3.63) is 30.0 Å². The predicted molar refractivity (Wildman–Crippen MR) is 106 cm³/mol. The van der Waals surface area contributed by atoms with Crippen LogP contribution in [-0.4, -0.2) is 47.0 Å². The van der Waals surface area contributed by atoms with E-state index >= 15 is 0 Å². The number of benzene rings is 1. The van der Waals surface area contributed by atoms with Crippen LogP contribution in [0.5, 0.6) is 11.6 Å². The lowest BCUT2D eigenvalue weighted by Gasteiger charge is -2.31. The molecule has 0 radical (unpaired) electrons. The highest BCUT2D eigenvalue weighted by molar-refractivity contribution is 6.01. The van der Waals surface area contributed by atoms with Crippen molar-refractivity contribution in [3.63, 3.8) is 0 Å². The number of nitrogens with two attached hydrogens (primary N) is 1. The number of primary amides is 1. The summed E-state index contributed by atoms with van der Waals surface area (Å²) < 4.78 is 11.9. The Hall–Kier alpha value is -3.34. The minimum Gasteiger partial charge on any atom is -0.490 e. The van der Waals surface area contributed by atoms with Crippen molar-refractivity contribution in [2.75, 3.05) is 13.1 Å². The molecule has 8 heteroatoms. The lowest BCUT2D eigenvalue weighted by molar-refractivity contribution is -0.131. The average Bonchev–Trinajstić information content (AvgIpc) is 2.68. The Morgan fingerprint density at radius 2 is 2.07 bits per heavy atom. The zero-order valence-electron chi connectivity index (χ0n) is 16.6. The van der Waals surface area contributed by atoms with Gasteiger partial charge in [-0.25, -0.2) is 4.98 Å². The molecule has 0 aliphatic carbocycles. The summed E-state index contributed by atoms with van der Waals surface area (Å²) >= 11 is 0. The number of nitriles is 1. The van der Waals surface area contributed by atoms with Gasteiger partial charge in [0.2, 0.25) is 11.8 Å². The highest BCUT2D eigenvalue weighted by Gasteiger charge is 2.25. The molecule has 8 nitrogen and oxygen atoms in total. The Morgan fingerprint density at radius 3 is 2.69 bits per heavy atom. The molecule has 1 aliphatic heterocycles. The fraction of sp³-hybridized carbons (Fsp3) is 0.429. The van der Waals surface area contributed by atoms with Crippen molar-refractivity contribution < 1.29 is 19.1 Å². The molecule has 29 heavy (non-hydrogen) atoms. The second-order valence-corrected chi connectivity index (χ2v) is 7.25. The number of hydrogen-bond donors (Lipinski definition) is 1. The third kappa shape index (κ3) is 4.74. The average molecular weight is 396 g/mol. The number of ether oxygens (including phenoxy) is 2. The summed E-state index contributed by atoms with van der Waals surface area (Å²) in [4.78, 5) is 29.7. The predicted octanol–water partition coefficient (Wildman–Crippen LogP) is 2.40. The summed E-state index contributed by atoms with van der Waals surface area (Å²) in [6.45, 7) is 4.83. The standard InChI is InChI=1S/C21H24N4O4/c1-13(2)28-18-12-16-14(11-17(18)20(23)27)4-8-24-21(16)29-15-5-9-25(10-6-15)19(26)3-7-22/h4,8,11-13,15H,3,5-6,9-10H2,1-2H3,(H2,23,27). The van der Waals surface area contributed by atoms with E-state index in [0.717, 1.165) is 10.8 Å². The number of amides is 2. The summed E-state index contributed by atoms with van der Waals surface area (Å²) in [6, 6.07) is 7.11. The third-order valence-electron chi connectivity index (χ3n) is 4.76. The molecule has 2 heterocycles. The number of rotatable bonds is 6. The van der Waals surface area contributed by atoms with Gasteiger partial charge in [0.25, 0.3) is 5.91 Å². The molecule has 1 aromatic carbocycles. The smallest absolute Gasteiger partial charge is 0.252 e. The molecule has 3 rings (SSSR count). The lowest BCUT2D eigenvalue weighted by atomic mass is 10.1. The van der Waals surface area contributed by atoms with Crippen molar-refractivity contribution >= 4 is 22.6 Å². The largest absolute Gasteiger partial charge is 0.490 e. The van der Waals surface area contributed by atoms with Gasteiger partial charge in [-0.05, 0) is 37.4 Å².